The number of rotatable bonds is 4. The van der Waals surface area contributed by atoms with Crippen molar-refractivity contribution in [1.29, 1.82) is 0 Å². The quantitative estimate of drug-likeness (QED) is 0.658. The lowest BCUT2D eigenvalue weighted by molar-refractivity contribution is -0.137. The fourth-order valence-corrected chi connectivity index (χ4v) is 3.67. The van der Waals surface area contributed by atoms with Gasteiger partial charge in [0, 0.05) is 43.2 Å². The molecule has 162 valence electrons. The van der Waals surface area contributed by atoms with E-state index in [9.17, 15) is 23.1 Å². The van der Waals surface area contributed by atoms with Gasteiger partial charge in [-0.05, 0) is 18.2 Å². The van der Waals surface area contributed by atoms with Crippen LogP contribution >= 0.6 is 0 Å². The van der Waals surface area contributed by atoms with Crippen molar-refractivity contribution in [3.05, 3.63) is 75.2 Å². The minimum absolute atomic E-state index is 0.112. The molecular formula is C22H20F3N3O3. The molecule has 2 aromatic carbocycles. The second-order valence-electron chi connectivity index (χ2n) is 7.37. The van der Waals surface area contributed by atoms with E-state index < -0.39 is 11.7 Å². The van der Waals surface area contributed by atoms with Crippen molar-refractivity contribution in [2.24, 2.45) is 0 Å². The smallest absolute Gasteiger partial charge is 0.416 e. The highest BCUT2D eigenvalue weighted by Gasteiger charge is 2.30. The van der Waals surface area contributed by atoms with Crippen LogP contribution in [0.15, 0.2) is 47.3 Å². The number of alkyl halides is 3. The molecule has 0 spiro atoms. The van der Waals surface area contributed by atoms with Crippen LogP contribution in [0.1, 0.15) is 22.4 Å². The maximum Gasteiger partial charge on any atom is 0.416 e. The summed E-state index contributed by atoms with van der Waals surface area (Å²) in [5.41, 5.74) is 1.44. The predicted molar refractivity (Wildman–Crippen MR) is 108 cm³/mol. The van der Waals surface area contributed by atoms with Crippen molar-refractivity contribution in [3.8, 4) is 22.9 Å². The Hall–Kier alpha value is -3.33. The molecule has 2 heterocycles. The number of H-pyrrole nitrogens is 1. The van der Waals surface area contributed by atoms with Crippen molar-refractivity contribution >= 4 is 0 Å². The molecule has 0 amide bonds. The van der Waals surface area contributed by atoms with Crippen molar-refractivity contribution in [1.82, 2.24) is 14.9 Å². The van der Waals surface area contributed by atoms with Gasteiger partial charge in [0.25, 0.3) is 5.56 Å². The summed E-state index contributed by atoms with van der Waals surface area (Å²) in [7, 11) is 1.53. The first-order valence-corrected chi connectivity index (χ1v) is 9.62. The van der Waals surface area contributed by atoms with Gasteiger partial charge in [-0.1, -0.05) is 18.2 Å². The zero-order chi connectivity index (χ0) is 22.2. The number of halogens is 3. The summed E-state index contributed by atoms with van der Waals surface area (Å²) in [4.78, 5) is 22.0. The van der Waals surface area contributed by atoms with Crippen molar-refractivity contribution in [2.45, 2.75) is 25.7 Å². The molecule has 0 fully saturated rings. The summed E-state index contributed by atoms with van der Waals surface area (Å²) in [5, 5.41) is 9.61. The van der Waals surface area contributed by atoms with Gasteiger partial charge in [0.15, 0.2) is 0 Å². The van der Waals surface area contributed by atoms with Crippen LogP contribution in [0.5, 0.6) is 11.5 Å². The third kappa shape index (κ3) is 4.41. The Labute approximate surface area is 175 Å². The molecule has 1 aliphatic rings. The molecule has 0 unspecified atom stereocenters. The Morgan fingerprint density at radius 1 is 1.19 bits per heavy atom. The van der Waals surface area contributed by atoms with Crippen LogP contribution in [-0.4, -0.2) is 33.6 Å². The molecule has 4 rings (SSSR count). The molecule has 31 heavy (non-hydrogen) atoms. The van der Waals surface area contributed by atoms with Gasteiger partial charge in [-0.2, -0.15) is 13.2 Å². The molecule has 0 saturated carbocycles. The standard InChI is InChI=1S/C22H20F3N3O3/c1-31-19-10-16(29)7-4-14(19)11-28-9-8-18-17(12-28)21(30)27-20(26-18)13-2-5-15(6-3-13)22(23,24)25/h2-7,10,29H,8-9,11-12H2,1H3,(H,26,27,30). The van der Waals surface area contributed by atoms with E-state index in [4.69, 9.17) is 4.74 Å². The second-order valence-corrected chi connectivity index (χ2v) is 7.37. The lowest BCUT2D eigenvalue weighted by atomic mass is 10.0. The Kier molecular flexibility index (Phi) is 5.45. The highest BCUT2D eigenvalue weighted by Crippen LogP contribution is 2.31. The fraction of sp³-hybridized carbons (Fsp3) is 0.273. The number of nitrogens with zero attached hydrogens (tertiary/aromatic N) is 2. The molecule has 1 aliphatic heterocycles. The topological polar surface area (TPSA) is 78.5 Å². The molecule has 0 radical (unpaired) electrons. The van der Waals surface area contributed by atoms with E-state index in [1.807, 2.05) is 0 Å². The third-order valence-electron chi connectivity index (χ3n) is 5.30. The molecule has 6 nitrogen and oxygen atoms in total. The van der Waals surface area contributed by atoms with Gasteiger partial charge in [0.05, 0.1) is 23.9 Å². The van der Waals surface area contributed by atoms with E-state index in [0.29, 0.717) is 48.6 Å². The Bertz CT molecular complexity index is 1160. The van der Waals surface area contributed by atoms with Gasteiger partial charge in [0.1, 0.15) is 17.3 Å². The van der Waals surface area contributed by atoms with Crippen molar-refractivity contribution < 1.29 is 23.0 Å². The largest absolute Gasteiger partial charge is 0.508 e. The maximum absolute atomic E-state index is 12.8. The number of phenolic OH excluding ortho intramolecular Hbond substituents is 1. The summed E-state index contributed by atoms with van der Waals surface area (Å²) >= 11 is 0. The van der Waals surface area contributed by atoms with E-state index in [2.05, 4.69) is 14.9 Å². The summed E-state index contributed by atoms with van der Waals surface area (Å²) in [6.45, 7) is 1.57. The number of nitrogens with one attached hydrogen (secondary N) is 1. The maximum atomic E-state index is 12.8. The van der Waals surface area contributed by atoms with Crippen LogP contribution in [0.4, 0.5) is 13.2 Å². The lowest BCUT2D eigenvalue weighted by Crippen LogP contribution is -2.35. The summed E-state index contributed by atoms with van der Waals surface area (Å²) in [6, 6.07) is 9.46. The monoisotopic (exact) mass is 431 g/mol. The lowest BCUT2D eigenvalue weighted by Gasteiger charge is -2.28. The van der Waals surface area contributed by atoms with Crippen LogP contribution < -0.4 is 10.3 Å². The average molecular weight is 431 g/mol. The first-order chi connectivity index (χ1) is 14.7. The van der Waals surface area contributed by atoms with E-state index >= 15 is 0 Å². The van der Waals surface area contributed by atoms with Gasteiger partial charge in [0.2, 0.25) is 0 Å². The van der Waals surface area contributed by atoms with Gasteiger partial charge < -0.3 is 14.8 Å². The van der Waals surface area contributed by atoms with Crippen LogP contribution in [-0.2, 0) is 25.7 Å². The Morgan fingerprint density at radius 2 is 1.94 bits per heavy atom. The number of aromatic nitrogens is 2. The molecular weight excluding hydrogens is 411 g/mol. The molecule has 0 saturated heterocycles. The zero-order valence-corrected chi connectivity index (χ0v) is 16.7. The first kappa shape index (κ1) is 20.9. The Balaban J connectivity index is 1.56. The van der Waals surface area contributed by atoms with E-state index in [1.165, 1.54) is 25.3 Å². The molecule has 0 bridgehead atoms. The number of hydrogen-bond acceptors (Lipinski definition) is 5. The van der Waals surface area contributed by atoms with E-state index in [0.717, 1.165) is 17.7 Å². The highest BCUT2D eigenvalue weighted by molar-refractivity contribution is 5.56. The summed E-state index contributed by atoms with van der Waals surface area (Å²) in [5.74, 6) is 0.933. The highest BCUT2D eigenvalue weighted by atomic mass is 19.4. The van der Waals surface area contributed by atoms with Crippen LogP contribution in [0, 0.1) is 0 Å². The van der Waals surface area contributed by atoms with Crippen LogP contribution in [0.3, 0.4) is 0 Å². The zero-order valence-electron chi connectivity index (χ0n) is 16.7. The predicted octanol–water partition coefficient (Wildman–Crippen LogP) is 3.73. The van der Waals surface area contributed by atoms with E-state index in [-0.39, 0.29) is 17.1 Å². The normalized spacial score (nSPS) is 14.3. The summed E-state index contributed by atoms with van der Waals surface area (Å²) in [6.07, 6.45) is -3.88. The van der Waals surface area contributed by atoms with Gasteiger partial charge >= 0.3 is 6.18 Å². The molecule has 9 heteroatoms. The molecule has 2 N–H and O–H groups in total. The SMILES string of the molecule is COc1cc(O)ccc1CN1CCc2nc(-c3ccc(C(F)(F)F)cc3)[nH]c(=O)c2C1. The average Bonchev–Trinajstić information content (AvgIpc) is 2.74. The van der Waals surface area contributed by atoms with Gasteiger partial charge in [-0.25, -0.2) is 4.98 Å². The fourth-order valence-electron chi connectivity index (χ4n) is 3.67. The number of aromatic amines is 1. The Morgan fingerprint density at radius 3 is 2.61 bits per heavy atom. The minimum atomic E-state index is -4.42. The van der Waals surface area contributed by atoms with Crippen molar-refractivity contribution in [2.75, 3.05) is 13.7 Å². The molecule has 3 aromatic rings. The van der Waals surface area contributed by atoms with Crippen molar-refractivity contribution in [3.63, 3.8) is 0 Å². The first-order valence-electron chi connectivity index (χ1n) is 9.62. The van der Waals surface area contributed by atoms with Gasteiger partial charge in [-0.15, -0.1) is 0 Å². The number of methoxy groups -OCH3 is 1. The number of aromatic hydroxyl groups is 1. The number of benzene rings is 2. The van der Waals surface area contributed by atoms with E-state index in [1.54, 1.807) is 12.1 Å². The van der Waals surface area contributed by atoms with Crippen LogP contribution in [0.25, 0.3) is 11.4 Å². The number of fused-ring (bicyclic) bond motifs is 1. The van der Waals surface area contributed by atoms with Crippen LogP contribution in [0.2, 0.25) is 0 Å². The minimum Gasteiger partial charge on any atom is -0.508 e. The second kappa shape index (κ2) is 8.07. The number of ether oxygens (including phenoxy) is 1. The summed E-state index contributed by atoms with van der Waals surface area (Å²) < 4.78 is 43.6. The molecule has 0 atom stereocenters. The molecule has 0 aliphatic carbocycles. The molecule has 1 aromatic heterocycles. The number of phenols is 1. The van der Waals surface area contributed by atoms with Gasteiger partial charge in [-0.3, -0.25) is 9.69 Å². The number of hydrogen-bond donors (Lipinski definition) is 2. The third-order valence-corrected chi connectivity index (χ3v) is 5.30.